The average molecular weight is 1430 g/mol. The van der Waals surface area contributed by atoms with Crippen LogP contribution in [-0.4, -0.2) is 96.7 Å². The van der Waals surface area contributed by atoms with Crippen LogP contribution < -0.4 is 0 Å². The lowest BCUT2D eigenvalue weighted by molar-refractivity contribution is -0.161. The largest absolute Gasteiger partial charge is 0.472 e. The van der Waals surface area contributed by atoms with Crippen molar-refractivity contribution in [2.24, 2.45) is 0 Å². The minimum atomic E-state index is -4.97. The van der Waals surface area contributed by atoms with Crippen molar-refractivity contribution in [3.8, 4) is 0 Å². The van der Waals surface area contributed by atoms with Gasteiger partial charge in [-0.3, -0.25) is 37.3 Å². The average Bonchev–Trinajstić information content (AvgIpc) is 1.04. The second-order valence-corrected chi connectivity index (χ2v) is 29.5. The van der Waals surface area contributed by atoms with Crippen molar-refractivity contribution in [2.75, 3.05) is 39.6 Å². The molecule has 17 nitrogen and oxygen atoms in total. The minimum Gasteiger partial charge on any atom is -0.462 e. The molecule has 0 aliphatic heterocycles. The molecule has 98 heavy (non-hydrogen) atoms. The Hall–Kier alpha value is -3.24. The highest BCUT2D eigenvalue weighted by Crippen LogP contribution is 2.45. The summed E-state index contributed by atoms with van der Waals surface area (Å²) in [6, 6.07) is 0. The van der Waals surface area contributed by atoms with E-state index in [0.29, 0.717) is 25.7 Å². The topological polar surface area (TPSA) is 237 Å². The molecular formula is C79H144O17P2. The Morgan fingerprint density at radius 1 is 0.286 bits per heavy atom. The first-order chi connectivity index (χ1) is 47.7. The first-order valence-corrected chi connectivity index (χ1v) is 42.5. The van der Waals surface area contributed by atoms with Gasteiger partial charge in [0, 0.05) is 25.7 Å². The van der Waals surface area contributed by atoms with Crippen LogP contribution in [-0.2, 0) is 65.4 Å². The van der Waals surface area contributed by atoms with E-state index in [2.05, 4.69) is 88.5 Å². The lowest BCUT2D eigenvalue weighted by Crippen LogP contribution is -2.30. The SMILES string of the molecule is CCCCC/C=C\C/C=C\CCCCCCCC(=O)OC[C@H](COP(=O)(O)OC[C@@H](O)COP(=O)(O)OC[C@@H](COC(=O)CCCCCCC/C=C\CCCCCCCC)OC(=O)CCCCCCC/C=C\CCCCCC)OC(=O)CCCCCCC/C=C\CCCCCCCC. The van der Waals surface area contributed by atoms with Crippen LogP contribution in [0.15, 0.2) is 60.8 Å². The number of aliphatic hydroxyl groups excluding tert-OH is 1. The van der Waals surface area contributed by atoms with E-state index >= 15 is 0 Å². The van der Waals surface area contributed by atoms with Crippen LogP contribution in [0.2, 0.25) is 0 Å². The van der Waals surface area contributed by atoms with E-state index in [1.54, 1.807) is 0 Å². The fourth-order valence-corrected chi connectivity index (χ4v) is 12.4. The van der Waals surface area contributed by atoms with Gasteiger partial charge in [-0.2, -0.15) is 0 Å². The van der Waals surface area contributed by atoms with Crippen molar-refractivity contribution in [3.63, 3.8) is 0 Å². The number of rotatable bonds is 75. The van der Waals surface area contributed by atoms with E-state index in [1.165, 1.54) is 122 Å². The quantitative estimate of drug-likeness (QED) is 0.0169. The van der Waals surface area contributed by atoms with Gasteiger partial charge in [-0.25, -0.2) is 9.13 Å². The zero-order valence-electron chi connectivity index (χ0n) is 62.5. The van der Waals surface area contributed by atoms with Gasteiger partial charge in [0.25, 0.3) is 0 Å². The summed E-state index contributed by atoms with van der Waals surface area (Å²) in [4.78, 5) is 72.9. The third kappa shape index (κ3) is 71.2. The lowest BCUT2D eigenvalue weighted by atomic mass is 10.1. The molecule has 3 N–H and O–H groups in total. The van der Waals surface area contributed by atoms with Gasteiger partial charge in [0.05, 0.1) is 26.4 Å². The number of carbonyl (C=O) groups excluding carboxylic acids is 4. The molecule has 572 valence electrons. The fourth-order valence-electron chi connectivity index (χ4n) is 10.8. The molecule has 0 amide bonds. The van der Waals surface area contributed by atoms with Crippen molar-refractivity contribution in [3.05, 3.63) is 60.8 Å². The summed E-state index contributed by atoms with van der Waals surface area (Å²) >= 11 is 0. The Kier molecular flexibility index (Phi) is 69.7. The van der Waals surface area contributed by atoms with Crippen molar-refractivity contribution in [1.29, 1.82) is 0 Å². The van der Waals surface area contributed by atoms with Gasteiger partial charge in [0.2, 0.25) is 0 Å². The van der Waals surface area contributed by atoms with E-state index in [9.17, 15) is 43.2 Å². The Morgan fingerprint density at radius 3 is 0.796 bits per heavy atom. The number of phosphoric acid groups is 2. The highest BCUT2D eigenvalue weighted by molar-refractivity contribution is 7.47. The van der Waals surface area contributed by atoms with E-state index in [1.807, 2.05) is 0 Å². The first kappa shape index (κ1) is 94.8. The number of hydrogen-bond acceptors (Lipinski definition) is 15. The lowest BCUT2D eigenvalue weighted by Gasteiger charge is -2.21. The fraction of sp³-hybridized carbons (Fsp3) is 0.823. The molecule has 0 saturated carbocycles. The van der Waals surface area contributed by atoms with E-state index in [0.717, 1.165) is 161 Å². The Labute approximate surface area is 597 Å². The maximum Gasteiger partial charge on any atom is 0.472 e. The molecule has 0 radical (unpaired) electrons. The molecule has 0 aliphatic carbocycles. The number of unbranched alkanes of at least 4 members (excludes halogenated alkanes) is 39. The number of ether oxygens (including phenoxy) is 4. The highest BCUT2D eigenvalue weighted by atomic mass is 31.2. The molecule has 0 aromatic rings. The molecule has 0 aliphatic rings. The second kappa shape index (κ2) is 72.1. The molecule has 0 aromatic heterocycles. The third-order valence-corrected chi connectivity index (χ3v) is 18.8. The Bertz CT molecular complexity index is 2100. The summed E-state index contributed by atoms with van der Waals surface area (Å²) in [7, 11) is -9.95. The summed E-state index contributed by atoms with van der Waals surface area (Å²) in [5.74, 6) is -2.19. The number of hydrogen-bond donors (Lipinski definition) is 3. The van der Waals surface area contributed by atoms with Crippen molar-refractivity contribution < 1.29 is 80.2 Å². The number of esters is 4. The van der Waals surface area contributed by atoms with Crippen LogP contribution in [0.1, 0.15) is 362 Å². The number of allylic oxidation sites excluding steroid dienone is 10. The van der Waals surface area contributed by atoms with Crippen LogP contribution in [0.4, 0.5) is 0 Å². The normalized spacial score (nSPS) is 14.2. The monoisotopic (exact) mass is 1430 g/mol. The molecule has 0 rings (SSSR count). The summed E-state index contributed by atoms with van der Waals surface area (Å²) in [6.45, 7) is 4.84. The van der Waals surface area contributed by atoms with Crippen LogP contribution in [0.5, 0.6) is 0 Å². The molecule has 0 fully saturated rings. The third-order valence-electron chi connectivity index (χ3n) is 16.9. The molecule has 0 aromatic carbocycles. The second-order valence-electron chi connectivity index (χ2n) is 26.6. The molecule has 0 bridgehead atoms. The molecule has 19 heteroatoms. The van der Waals surface area contributed by atoms with Crippen LogP contribution in [0.3, 0.4) is 0 Å². The predicted molar refractivity (Wildman–Crippen MR) is 400 cm³/mol. The number of carbonyl (C=O) groups is 4. The number of phosphoric ester groups is 2. The zero-order valence-corrected chi connectivity index (χ0v) is 64.3. The Morgan fingerprint density at radius 2 is 0.500 bits per heavy atom. The van der Waals surface area contributed by atoms with E-state index in [4.69, 9.17) is 37.0 Å². The Balaban J connectivity index is 5.35. The van der Waals surface area contributed by atoms with Crippen molar-refractivity contribution in [1.82, 2.24) is 0 Å². The highest BCUT2D eigenvalue weighted by Gasteiger charge is 2.30. The van der Waals surface area contributed by atoms with Gasteiger partial charge in [-0.15, -0.1) is 0 Å². The summed E-state index contributed by atoms with van der Waals surface area (Å²) in [6.07, 6.45) is 70.5. The van der Waals surface area contributed by atoms with Crippen molar-refractivity contribution in [2.45, 2.75) is 380 Å². The zero-order chi connectivity index (χ0) is 71.8. The van der Waals surface area contributed by atoms with Gasteiger partial charge in [-0.05, 0) is 135 Å². The minimum absolute atomic E-state index is 0.0854. The van der Waals surface area contributed by atoms with Gasteiger partial charge in [0.15, 0.2) is 12.2 Å². The van der Waals surface area contributed by atoms with Gasteiger partial charge in [-0.1, -0.05) is 262 Å². The van der Waals surface area contributed by atoms with Gasteiger partial charge < -0.3 is 33.8 Å². The van der Waals surface area contributed by atoms with Crippen molar-refractivity contribution >= 4 is 39.5 Å². The molecule has 0 heterocycles. The van der Waals surface area contributed by atoms with Gasteiger partial charge >= 0.3 is 39.5 Å². The first-order valence-electron chi connectivity index (χ1n) is 39.5. The molecule has 5 atom stereocenters. The molecule has 0 spiro atoms. The number of aliphatic hydroxyl groups is 1. The smallest absolute Gasteiger partial charge is 0.462 e. The maximum absolute atomic E-state index is 13.1. The van der Waals surface area contributed by atoms with E-state index in [-0.39, 0.29) is 25.7 Å². The standard InChI is InChI=1S/C79H144O17P2/c1-5-9-13-17-21-25-29-33-36-40-43-47-51-55-59-63-76(81)89-69-74(95-78(83)65-61-57-53-49-45-39-32-28-24-20-16-12-8-4)71-93-97(85,86)91-67-73(80)68-92-98(87,88)94-72-75(96-79(84)66-62-58-54-50-46-42-38-35-31-27-23-19-15-11-7-3)70-90-77(82)64-60-56-52-48-44-41-37-34-30-26-22-18-14-10-6-2/h22,26,28,32-38,73-75,80H,5-21,23-25,27,29-31,39-72H2,1-4H3,(H,85,86)(H,87,88)/b26-22-,32-28-,36-33-,37-34-,38-35-/t73-,74+,75+/m0/s1. The van der Waals surface area contributed by atoms with Crippen LogP contribution in [0.25, 0.3) is 0 Å². The molecule has 0 saturated heterocycles. The molecular weight excluding hydrogens is 1280 g/mol. The van der Waals surface area contributed by atoms with Crippen LogP contribution >= 0.6 is 15.6 Å². The van der Waals surface area contributed by atoms with Gasteiger partial charge in [0.1, 0.15) is 19.3 Å². The van der Waals surface area contributed by atoms with E-state index < -0.39 is 97.5 Å². The molecule has 2 unspecified atom stereocenters. The summed E-state index contributed by atoms with van der Waals surface area (Å²) < 4.78 is 68.5. The van der Waals surface area contributed by atoms with Crippen LogP contribution in [0, 0.1) is 0 Å². The predicted octanol–water partition coefficient (Wildman–Crippen LogP) is 22.7. The summed E-state index contributed by atoms with van der Waals surface area (Å²) in [5, 5.41) is 10.6. The maximum atomic E-state index is 13.1. The summed E-state index contributed by atoms with van der Waals surface area (Å²) in [5.41, 5.74) is 0.